The van der Waals surface area contributed by atoms with E-state index in [1.54, 1.807) is 11.3 Å². The summed E-state index contributed by atoms with van der Waals surface area (Å²) in [7, 11) is 0. The van der Waals surface area contributed by atoms with Crippen molar-refractivity contribution in [3.8, 4) is 6.07 Å². The average Bonchev–Trinajstić information content (AvgIpc) is 3.07. The van der Waals surface area contributed by atoms with Crippen LogP contribution in [0, 0.1) is 11.3 Å². The van der Waals surface area contributed by atoms with Crippen molar-refractivity contribution in [3.63, 3.8) is 0 Å². The number of anilines is 2. The quantitative estimate of drug-likeness (QED) is 0.921. The fourth-order valence-electron chi connectivity index (χ4n) is 3.16. The van der Waals surface area contributed by atoms with E-state index in [1.165, 1.54) is 35.4 Å². The summed E-state index contributed by atoms with van der Waals surface area (Å²) in [5.41, 5.74) is 4.24. The molecular weight excluding hydrogens is 280 g/mol. The molecule has 4 nitrogen and oxygen atoms in total. The van der Waals surface area contributed by atoms with Gasteiger partial charge in [0, 0.05) is 10.6 Å². The second-order valence-electron chi connectivity index (χ2n) is 5.68. The second-order valence-corrected chi connectivity index (χ2v) is 6.76. The van der Waals surface area contributed by atoms with Gasteiger partial charge in [0.25, 0.3) is 0 Å². The molecule has 2 aliphatic rings. The molecule has 2 heterocycles. The Labute approximate surface area is 127 Å². The van der Waals surface area contributed by atoms with Crippen LogP contribution < -0.4 is 5.32 Å². The molecule has 0 aliphatic heterocycles. The van der Waals surface area contributed by atoms with Crippen LogP contribution in [0.25, 0.3) is 0 Å². The molecule has 0 fully saturated rings. The Balaban J connectivity index is 1.68. The van der Waals surface area contributed by atoms with Crippen molar-refractivity contribution in [1.29, 1.82) is 5.26 Å². The Kier molecular flexibility index (Phi) is 3.12. The van der Waals surface area contributed by atoms with E-state index in [-0.39, 0.29) is 0 Å². The first-order valence-corrected chi connectivity index (χ1v) is 8.33. The number of pyridine rings is 1. The van der Waals surface area contributed by atoms with Crippen LogP contribution in [0.1, 0.15) is 46.7 Å². The molecular formula is C16H16N4S. The Morgan fingerprint density at radius 1 is 1.05 bits per heavy atom. The lowest BCUT2D eigenvalue weighted by Gasteiger charge is -2.16. The lowest BCUT2D eigenvalue weighted by atomic mass is 9.95. The van der Waals surface area contributed by atoms with Gasteiger partial charge in [0.15, 0.2) is 5.13 Å². The molecule has 106 valence electrons. The monoisotopic (exact) mass is 296 g/mol. The predicted octanol–water partition coefficient (Wildman–Crippen LogP) is 3.52. The number of nitrogens with zero attached hydrogens (tertiary/aromatic N) is 3. The van der Waals surface area contributed by atoms with Crippen molar-refractivity contribution in [3.05, 3.63) is 33.5 Å². The Hall–Kier alpha value is -1.93. The van der Waals surface area contributed by atoms with Gasteiger partial charge >= 0.3 is 0 Å². The summed E-state index contributed by atoms with van der Waals surface area (Å²) in [5, 5.41) is 13.5. The first-order chi connectivity index (χ1) is 10.3. The van der Waals surface area contributed by atoms with Crippen LogP contribution in [0.2, 0.25) is 0 Å². The van der Waals surface area contributed by atoms with Gasteiger partial charge in [0.05, 0.1) is 11.3 Å². The highest BCUT2D eigenvalue weighted by Crippen LogP contribution is 2.33. The van der Waals surface area contributed by atoms with Gasteiger partial charge in [-0.1, -0.05) is 0 Å². The number of rotatable bonds is 2. The zero-order valence-corrected chi connectivity index (χ0v) is 12.6. The Morgan fingerprint density at radius 2 is 1.90 bits per heavy atom. The van der Waals surface area contributed by atoms with Crippen molar-refractivity contribution in [2.24, 2.45) is 0 Å². The summed E-state index contributed by atoms with van der Waals surface area (Å²) in [6.07, 6.45) is 7.89. The van der Waals surface area contributed by atoms with Crippen LogP contribution in [0.5, 0.6) is 0 Å². The molecule has 0 saturated heterocycles. The number of nitriles is 1. The maximum absolute atomic E-state index is 9.37. The summed E-state index contributed by atoms with van der Waals surface area (Å²) >= 11 is 1.70. The van der Waals surface area contributed by atoms with E-state index >= 15 is 0 Å². The van der Waals surface area contributed by atoms with Gasteiger partial charge in [-0.05, 0) is 56.6 Å². The van der Waals surface area contributed by atoms with Gasteiger partial charge in [-0.15, -0.1) is 11.3 Å². The van der Waals surface area contributed by atoms with E-state index in [9.17, 15) is 5.26 Å². The van der Waals surface area contributed by atoms with Crippen molar-refractivity contribution < 1.29 is 0 Å². The third-order valence-electron chi connectivity index (χ3n) is 4.24. The minimum Gasteiger partial charge on any atom is -0.315 e. The lowest BCUT2D eigenvalue weighted by Crippen LogP contribution is -2.08. The normalized spacial score (nSPS) is 16.1. The third-order valence-corrected chi connectivity index (χ3v) is 5.32. The van der Waals surface area contributed by atoms with E-state index in [2.05, 4.69) is 16.4 Å². The van der Waals surface area contributed by atoms with Gasteiger partial charge < -0.3 is 5.32 Å². The lowest BCUT2D eigenvalue weighted by molar-refractivity contribution is 0.668. The van der Waals surface area contributed by atoms with Crippen molar-refractivity contribution >= 4 is 22.3 Å². The highest BCUT2D eigenvalue weighted by Gasteiger charge is 2.19. The zero-order valence-electron chi connectivity index (χ0n) is 11.8. The van der Waals surface area contributed by atoms with E-state index in [4.69, 9.17) is 4.98 Å². The molecule has 0 unspecified atom stereocenters. The Morgan fingerprint density at radius 3 is 2.76 bits per heavy atom. The van der Waals surface area contributed by atoms with Crippen LogP contribution in [0.15, 0.2) is 6.07 Å². The molecule has 0 spiro atoms. The summed E-state index contributed by atoms with van der Waals surface area (Å²) in [4.78, 5) is 10.7. The standard InChI is InChI=1S/C16H16N4S/c17-9-11-8-10-4-1-2-5-12(10)18-15(11)20-16-19-13-6-3-7-14(13)21-16/h8H,1-7H2,(H,18,19,20). The molecule has 0 atom stereocenters. The van der Waals surface area contributed by atoms with Crippen LogP contribution in [-0.4, -0.2) is 9.97 Å². The van der Waals surface area contributed by atoms with Crippen LogP contribution in [0.3, 0.4) is 0 Å². The van der Waals surface area contributed by atoms with E-state index < -0.39 is 0 Å². The van der Waals surface area contributed by atoms with Gasteiger partial charge in [-0.3, -0.25) is 0 Å². The first kappa shape index (κ1) is 12.8. The smallest absolute Gasteiger partial charge is 0.188 e. The highest BCUT2D eigenvalue weighted by atomic mass is 32.1. The fraction of sp³-hybridized carbons (Fsp3) is 0.438. The van der Waals surface area contributed by atoms with E-state index in [1.807, 2.05) is 6.07 Å². The van der Waals surface area contributed by atoms with Crippen LogP contribution in [-0.2, 0) is 25.7 Å². The molecule has 1 N–H and O–H groups in total. The van der Waals surface area contributed by atoms with E-state index in [0.717, 1.165) is 36.5 Å². The number of nitrogens with one attached hydrogen (secondary N) is 1. The maximum Gasteiger partial charge on any atom is 0.188 e. The largest absolute Gasteiger partial charge is 0.315 e. The first-order valence-electron chi connectivity index (χ1n) is 7.52. The average molecular weight is 296 g/mol. The summed E-state index contributed by atoms with van der Waals surface area (Å²) in [6, 6.07) is 4.27. The fourth-order valence-corrected chi connectivity index (χ4v) is 4.21. The van der Waals surface area contributed by atoms with Gasteiger partial charge in [-0.2, -0.15) is 5.26 Å². The number of fused-ring (bicyclic) bond motifs is 2. The van der Waals surface area contributed by atoms with E-state index in [0.29, 0.717) is 11.4 Å². The molecule has 5 heteroatoms. The number of hydrogen-bond acceptors (Lipinski definition) is 5. The van der Waals surface area contributed by atoms with Crippen molar-refractivity contribution in [2.75, 3.05) is 5.32 Å². The minimum absolute atomic E-state index is 0.631. The van der Waals surface area contributed by atoms with Crippen LogP contribution >= 0.6 is 11.3 Å². The SMILES string of the molecule is N#Cc1cc2c(nc1Nc1nc3c(s1)CCC3)CCCC2. The summed E-state index contributed by atoms with van der Waals surface area (Å²) < 4.78 is 0. The van der Waals surface area contributed by atoms with Gasteiger partial charge in [0.1, 0.15) is 11.9 Å². The summed E-state index contributed by atoms with van der Waals surface area (Å²) in [5.74, 6) is 0.672. The molecule has 0 radical (unpaired) electrons. The molecule has 0 saturated carbocycles. The van der Waals surface area contributed by atoms with Crippen molar-refractivity contribution in [1.82, 2.24) is 9.97 Å². The molecule has 0 aromatic carbocycles. The molecule has 0 bridgehead atoms. The second kappa shape index (κ2) is 5.12. The number of thiazole rings is 1. The Bertz CT molecular complexity index is 720. The van der Waals surface area contributed by atoms with Gasteiger partial charge in [-0.25, -0.2) is 9.97 Å². The zero-order chi connectivity index (χ0) is 14.2. The molecule has 2 aliphatic carbocycles. The maximum atomic E-state index is 9.37. The number of hydrogen-bond donors (Lipinski definition) is 1. The predicted molar refractivity (Wildman–Crippen MR) is 83.0 cm³/mol. The molecule has 2 aromatic rings. The topological polar surface area (TPSA) is 61.6 Å². The highest BCUT2D eigenvalue weighted by molar-refractivity contribution is 7.15. The summed E-state index contributed by atoms with van der Waals surface area (Å²) in [6.45, 7) is 0. The van der Waals surface area contributed by atoms with Crippen LogP contribution in [0.4, 0.5) is 10.9 Å². The minimum atomic E-state index is 0.631. The van der Waals surface area contributed by atoms with Gasteiger partial charge in [0.2, 0.25) is 0 Å². The molecule has 21 heavy (non-hydrogen) atoms. The number of aromatic nitrogens is 2. The molecule has 2 aromatic heterocycles. The third kappa shape index (κ3) is 2.30. The van der Waals surface area contributed by atoms with Crippen molar-refractivity contribution in [2.45, 2.75) is 44.9 Å². The number of aryl methyl sites for hydroxylation is 4. The molecule has 0 amide bonds. The molecule has 4 rings (SSSR count).